The fourth-order valence-corrected chi connectivity index (χ4v) is 2.61. The van der Waals surface area contributed by atoms with Crippen molar-refractivity contribution >= 4 is 34.8 Å². The van der Waals surface area contributed by atoms with Crippen LogP contribution in [0.3, 0.4) is 0 Å². The highest BCUT2D eigenvalue weighted by atomic mass is 35.5. The number of anilines is 1. The van der Waals surface area contributed by atoms with Crippen molar-refractivity contribution in [3.05, 3.63) is 64.0 Å². The highest BCUT2D eigenvalue weighted by Gasteiger charge is 2.12. The summed E-state index contributed by atoms with van der Waals surface area (Å²) in [5, 5.41) is 7.56. The van der Waals surface area contributed by atoms with Crippen LogP contribution in [0.4, 0.5) is 5.69 Å². The molecule has 2 aromatic carbocycles. The maximum atomic E-state index is 12.0. The second kappa shape index (κ2) is 7.68. The largest absolute Gasteiger partial charge is 0.339 e. The van der Waals surface area contributed by atoms with Crippen molar-refractivity contribution in [2.75, 3.05) is 5.32 Å². The predicted octanol–water partition coefficient (Wildman–Crippen LogP) is 4.92. The summed E-state index contributed by atoms with van der Waals surface area (Å²) in [6, 6.07) is 12.7. The summed E-state index contributed by atoms with van der Waals surface area (Å²) in [5.74, 6) is 0.773. The van der Waals surface area contributed by atoms with Gasteiger partial charge in [0.15, 0.2) is 0 Å². The third-order valence-corrected chi connectivity index (χ3v) is 4.36. The molecule has 0 radical (unpaired) electrons. The van der Waals surface area contributed by atoms with Crippen LogP contribution in [0.1, 0.15) is 17.9 Å². The van der Waals surface area contributed by atoms with Gasteiger partial charge in [0, 0.05) is 24.1 Å². The van der Waals surface area contributed by atoms with E-state index in [0.717, 1.165) is 11.1 Å². The van der Waals surface area contributed by atoms with Gasteiger partial charge in [-0.1, -0.05) is 52.6 Å². The van der Waals surface area contributed by atoms with E-state index in [4.69, 9.17) is 27.7 Å². The summed E-state index contributed by atoms with van der Waals surface area (Å²) in [6.45, 7) is 1.98. The Hall–Kier alpha value is -2.37. The Morgan fingerprint density at radius 1 is 1.16 bits per heavy atom. The third kappa shape index (κ3) is 4.38. The number of aryl methyl sites for hydroxylation is 2. The van der Waals surface area contributed by atoms with E-state index in [1.807, 2.05) is 31.2 Å². The van der Waals surface area contributed by atoms with Gasteiger partial charge >= 0.3 is 0 Å². The highest BCUT2D eigenvalue weighted by molar-refractivity contribution is 6.42. The number of carbonyl (C=O) groups is 1. The molecule has 1 N–H and O–H groups in total. The van der Waals surface area contributed by atoms with Crippen LogP contribution in [0.5, 0.6) is 0 Å². The van der Waals surface area contributed by atoms with Crippen molar-refractivity contribution in [3.8, 4) is 11.4 Å². The molecule has 0 aliphatic carbocycles. The van der Waals surface area contributed by atoms with Gasteiger partial charge in [-0.15, -0.1) is 0 Å². The molecule has 0 unspecified atom stereocenters. The van der Waals surface area contributed by atoms with Crippen molar-refractivity contribution in [2.45, 2.75) is 19.8 Å². The number of nitrogens with zero attached hydrogens (tertiary/aromatic N) is 2. The van der Waals surface area contributed by atoms with Crippen LogP contribution in [-0.2, 0) is 11.2 Å². The number of halogens is 2. The minimum atomic E-state index is -0.172. The first-order valence-corrected chi connectivity index (χ1v) is 8.42. The first kappa shape index (κ1) is 17.5. The van der Waals surface area contributed by atoms with E-state index in [1.54, 1.807) is 18.2 Å². The topological polar surface area (TPSA) is 68.0 Å². The van der Waals surface area contributed by atoms with E-state index in [9.17, 15) is 4.79 Å². The van der Waals surface area contributed by atoms with E-state index >= 15 is 0 Å². The van der Waals surface area contributed by atoms with Crippen LogP contribution >= 0.6 is 23.2 Å². The van der Waals surface area contributed by atoms with Crippen LogP contribution in [-0.4, -0.2) is 16.0 Å². The summed E-state index contributed by atoms with van der Waals surface area (Å²) < 4.78 is 5.23. The van der Waals surface area contributed by atoms with Gasteiger partial charge in [0.2, 0.25) is 17.6 Å². The molecular formula is C18H15Cl2N3O2. The molecule has 1 aromatic heterocycles. The van der Waals surface area contributed by atoms with Gasteiger partial charge in [0.25, 0.3) is 0 Å². The van der Waals surface area contributed by atoms with Crippen LogP contribution in [0.25, 0.3) is 11.4 Å². The summed E-state index contributed by atoms with van der Waals surface area (Å²) in [6.07, 6.45) is 0.571. The lowest BCUT2D eigenvalue weighted by atomic mass is 10.1. The molecular weight excluding hydrogens is 361 g/mol. The molecule has 0 saturated heterocycles. The molecule has 0 fully saturated rings. The van der Waals surface area contributed by atoms with E-state index in [0.29, 0.717) is 33.9 Å². The monoisotopic (exact) mass is 375 g/mol. The molecule has 0 aliphatic rings. The maximum absolute atomic E-state index is 12.0. The number of hydrogen-bond donors (Lipinski definition) is 1. The molecule has 3 rings (SSSR count). The summed E-state index contributed by atoms with van der Waals surface area (Å²) in [5.41, 5.74) is 2.57. The van der Waals surface area contributed by atoms with Gasteiger partial charge in [0.1, 0.15) is 0 Å². The Labute approximate surface area is 155 Å². The number of carbonyl (C=O) groups excluding carboxylic acids is 1. The number of nitrogens with one attached hydrogen (secondary N) is 1. The first-order valence-electron chi connectivity index (χ1n) is 7.66. The van der Waals surface area contributed by atoms with Crippen molar-refractivity contribution in [1.29, 1.82) is 0 Å². The molecule has 5 nitrogen and oxygen atoms in total. The van der Waals surface area contributed by atoms with E-state index in [-0.39, 0.29) is 12.3 Å². The summed E-state index contributed by atoms with van der Waals surface area (Å²) >= 11 is 11.8. The van der Waals surface area contributed by atoms with Crippen molar-refractivity contribution in [1.82, 2.24) is 10.1 Å². The average Bonchev–Trinajstić information content (AvgIpc) is 3.05. The number of rotatable bonds is 5. The Morgan fingerprint density at radius 3 is 2.72 bits per heavy atom. The minimum Gasteiger partial charge on any atom is -0.339 e. The summed E-state index contributed by atoms with van der Waals surface area (Å²) in [4.78, 5) is 16.4. The highest BCUT2D eigenvalue weighted by Crippen LogP contribution is 2.25. The van der Waals surface area contributed by atoms with E-state index < -0.39 is 0 Å². The quantitative estimate of drug-likeness (QED) is 0.686. The van der Waals surface area contributed by atoms with Crippen LogP contribution in [0.2, 0.25) is 10.0 Å². The van der Waals surface area contributed by atoms with Crippen LogP contribution in [0, 0.1) is 6.92 Å². The lowest BCUT2D eigenvalue weighted by molar-refractivity contribution is -0.116. The zero-order chi connectivity index (χ0) is 17.8. The lowest BCUT2D eigenvalue weighted by Crippen LogP contribution is -2.12. The second-order valence-electron chi connectivity index (χ2n) is 5.50. The number of amides is 1. The zero-order valence-electron chi connectivity index (χ0n) is 13.4. The van der Waals surface area contributed by atoms with Gasteiger partial charge in [-0.25, -0.2) is 0 Å². The van der Waals surface area contributed by atoms with Crippen molar-refractivity contribution in [3.63, 3.8) is 0 Å². The molecule has 0 bridgehead atoms. The molecule has 7 heteroatoms. The van der Waals surface area contributed by atoms with Gasteiger partial charge in [-0.05, 0) is 30.7 Å². The molecule has 128 valence electrons. The van der Waals surface area contributed by atoms with Gasteiger partial charge in [-0.3, -0.25) is 4.79 Å². The standard InChI is InChI=1S/C18H15Cl2N3O2/c1-11-4-2-3-5-13(11)18-22-17(25-23-18)9-8-16(24)21-12-6-7-14(19)15(20)10-12/h2-7,10H,8-9H2,1H3,(H,21,24). The predicted molar refractivity (Wildman–Crippen MR) is 97.9 cm³/mol. The number of benzene rings is 2. The Balaban J connectivity index is 1.59. The Morgan fingerprint density at radius 2 is 1.96 bits per heavy atom. The van der Waals surface area contributed by atoms with Crippen molar-refractivity contribution < 1.29 is 9.32 Å². The van der Waals surface area contributed by atoms with E-state index in [2.05, 4.69) is 15.5 Å². The molecule has 0 saturated carbocycles. The SMILES string of the molecule is Cc1ccccc1-c1noc(CCC(=O)Nc2ccc(Cl)c(Cl)c2)n1. The smallest absolute Gasteiger partial charge is 0.227 e. The second-order valence-corrected chi connectivity index (χ2v) is 6.32. The molecule has 3 aromatic rings. The molecule has 1 amide bonds. The van der Waals surface area contributed by atoms with Crippen molar-refractivity contribution in [2.24, 2.45) is 0 Å². The fourth-order valence-electron chi connectivity index (χ4n) is 2.31. The Kier molecular flexibility index (Phi) is 5.36. The normalized spacial score (nSPS) is 10.7. The van der Waals surface area contributed by atoms with Crippen LogP contribution < -0.4 is 5.32 Å². The maximum Gasteiger partial charge on any atom is 0.227 e. The zero-order valence-corrected chi connectivity index (χ0v) is 14.9. The fraction of sp³-hybridized carbons (Fsp3) is 0.167. The van der Waals surface area contributed by atoms with Gasteiger partial charge in [-0.2, -0.15) is 4.98 Å². The molecule has 0 aliphatic heterocycles. The average molecular weight is 376 g/mol. The van der Waals surface area contributed by atoms with Gasteiger partial charge in [0.05, 0.1) is 10.0 Å². The first-order chi connectivity index (χ1) is 12.0. The summed E-state index contributed by atoms with van der Waals surface area (Å²) in [7, 11) is 0. The van der Waals surface area contributed by atoms with Crippen LogP contribution in [0.15, 0.2) is 47.0 Å². The lowest BCUT2D eigenvalue weighted by Gasteiger charge is -2.05. The Bertz CT molecular complexity index is 909. The van der Waals surface area contributed by atoms with Gasteiger partial charge < -0.3 is 9.84 Å². The molecule has 25 heavy (non-hydrogen) atoms. The third-order valence-electron chi connectivity index (χ3n) is 3.62. The van der Waals surface area contributed by atoms with E-state index in [1.165, 1.54) is 0 Å². The minimum absolute atomic E-state index is 0.172. The number of aromatic nitrogens is 2. The molecule has 1 heterocycles. The number of hydrogen-bond acceptors (Lipinski definition) is 4. The molecule has 0 spiro atoms. The molecule has 0 atom stereocenters.